The number of aliphatic imine (C=N–C) groups is 1. The zero-order valence-corrected chi connectivity index (χ0v) is 31.1. The average Bonchev–Trinajstić information content (AvgIpc) is 3.16. The molecule has 5 rings (SSSR count). The lowest BCUT2D eigenvalue weighted by Gasteiger charge is -2.28. The Bertz CT molecular complexity index is 1970. The number of allylic oxidation sites excluding steroid dienone is 4. The third-order valence-electron chi connectivity index (χ3n) is 7.72. The second-order valence-electron chi connectivity index (χ2n) is 11.1. The van der Waals surface area contributed by atoms with E-state index in [-0.39, 0.29) is 28.4 Å². The molecule has 0 bridgehead atoms. The number of benzene rings is 4. The Kier molecular flexibility index (Phi) is 13.2. The number of methoxy groups -OCH3 is 1. The smallest absolute Gasteiger partial charge is 0.285 e. The van der Waals surface area contributed by atoms with Gasteiger partial charge in [0.15, 0.2) is 16.7 Å². The van der Waals surface area contributed by atoms with Gasteiger partial charge >= 0.3 is 0 Å². The van der Waals surface area contributed by atoms with Gasteiger partial charge in [0.25, 0.3) is 11.8 Å². The van der Waals surface area contributed by atoms with E-state index in [0.29, 0.717) is 29.4 Å². The minimum absolute atomic E-state index is 0.0891. The topological polar surface area (TPSA) is 97.3 Å². The molecule has 8 nitrogen and oxygen atoms in total. The van der Waals surface area contributed by atoms with Gasteiger partial charge in [-0.3, -0.25) is 19.3 Å². The number of amidine groups is 1. The molecule has 4 aromatic rings. The van der Waals surface area contributed by atoms with Gasteiger partial charge in [0.05, 0.1) is 18.9 Å². The maximum atomic E-state index is 14.1. The maximum absolute atomic E-state index is 14.1. The van der Waals surface area contributed by atoms with Gasteiger partial charge < -0.3 is 14.8 Å². The number of halogens is 1. The Hall–Kier alpha value is -5.20. The van der Waals surface area contributed by atoms with Crippen LogP contribution in [0.15, 0.2) is 150 Å². The average molecular weight is 810 g/mol. The van der Waals surface area contributed by atoms with Gasteiger partial charge in [-0.05, 0) is 88.2 Å². The summed E-state index contributed by atoms with van der Waals surface area (Å²) in [7, 11) is 1.53. The molecule has 51 heavy (non-hydrogen) atoms. The van der Waals surface area contributed by atoms with Crippen molar-refractivity contribution in [3.05, 3.63) is 171 Å². The first-order valence-corrected chi connectivity index (χ1v) is 18.1. The fraction of sp³-hybridized carbons (Fsp3) is 0.122. The predicted octanol–water partition coefficient (Wildman–Crippen LogP) is 8.27. The Morgan fingerprint density at radius 3 is 2.24 bits per heavy atom. The SMILES string of the molecule is C=C/C=C\C(=C/C)N1C(=O)/C(=C/c2ccc(OCc3ccc(I)cc3)c(OC)c2)C(=O)N=C1SCC(=O)NC(c1ccccc1)c1ccccc1. The molecule has 0 aromatic heterocycles. The second kappa shape index (κ2) is 18.2. The van der Waals surface area contributed by atoms with Gasteiger partial charge in [-0.15, -0.1) is 0 Å². The number of nitrogens with one attached hydrogen (secondary N) is 1. The number of hydrogen-bond donors (Lipinski definition) is 1. The third-order valence-corrected chi connectivity index (χ3v) is 9.38. The number of carbonyl (C=O) groups excluding carboxylic acids is 3. The number of amides is 3. The molecule has 258 valence electrons. The number of rotatable bonds is 13. The van der Waals surface area contributed by atoms with E-state index in [1.807, 2.05) is 84.9 Å². The third kappa shape index (κ3) is 9.74. The van der Waals surface area contributed by atoms with Crippen molar-refractivity contribution in [2.75, 3.05) is 12.9 Å². The van der Waals surface area contributed by atoms with Crippen LogP contribution in [0.5, 0.6) is 11.5 Å². The Labute approximate surface area is 315 Å². The summed E-state index contributed by atoms with van der Waals surface area (Å²) in [5.74, 6) is -0.712. The van der Waals surface area contributed by atoms with Gasteiger partial charge in [-0.1, -0.05) is 115 Å². The van der Waals surface area contributed by atoms with Crippen LogP contribution in [0.25, 0.3) is 6.08 Å². The molecule has 0 fully saturated rings. The van der Waals surface area contributed by atoms with Crippen LogP contribution in [0, 0.1) is 3.57 Å². The fourth-order valence-corrected chi connectivity index (χ4v) is 6.36. The van der Waals surface area contributed by atoms with Crippen LogP contribution >= 0.6 is 34.4 Å². The largest absolute Gasteiger partial charge is 0.493 e. The molecule has 4 aromatic carbocycles. The molecular weight excluding hydrogens is 773 g/mol. The van der Waals surface area contributed by atoms with E-state index in [4.69, 9.17) is 9.47 Å². The lowest BCUT2D eigenvalue weighted by molar-refractivity contribution is -0.126. The summed E-state index contributed by atoms with van der Waals surface area (Å²) >= 11 is 3.26. The van der Waals surface area contributed by atoms with Gasteiger partial charge in [-0.2, -0.15) is 4.99 Å². The highest BCUT2D eigenvalue weighted by Gasteiger charge is 2.35. The molecule has 0 saturated carbocycles. The van der Waals surface area contributed by atoms with Crippen molar-refractivity contribution in [3.8, 4) is 11.5 Å². The summed E-state index contributed by atoms with van der Waals surface area (Å²) in [4.78, 5) is 46.6. The normalized spacial score (nSPS) is 14.2. The minimum atomic E-state index is -0.716. The lowest BCUT2D eigenvalue weighted by Crippen LogP contribution is -2.42. The second-order valence-corrected chi connectivity index (χ2v) is 13.3. The summed E-state index contributed by atoms with van der Waals surface area (Å²) in [6, 6.07) is 32.1. The highest BCUT2D eigenvalue weighted by molar-refractivity contribution is 14.1. The van der Waals surface area contributed by atoms with Crippen molar-refractivity contribution in [1.29, 1.82) is 0 Å². The van der Waals surface area contributed by atoms with Crippen molar-refractivity contribution >= 4 is 63.3 Å². The van der Waals surface area contributed by atoms with Crippen LogP contribution < -0.4 is 14.8 Å². The fourth-order valence-electron chi connectivity index (χ4n) is 5.19. The zero-order valence-electron chi connectivity index (χ0n) is 28.1. The Balaban J connectivity index is 1.38. The summed E-state index contributed by atoms with van der Waals surface area (Å²) in [6.45, 7) is 5.85. The van der Waals surface area contributed by atoms with E-state index >= 15 is 0 Å². The van der Waals surface area contributed by atoms with E-state index in [9.17, 15) is 14.4 Å². The summed E-state index contributed by atoms with van der Waals surface area (Å²) in [5, 5.41) is 3.19. The first-order chi connectivity index (χ1) is 24.8. The standard InChI is InChI=1S/C41H36IN3O5S/c1-4-6-17-33(5-2)45-40(48)34(24-29-20-23-35(36(25-29)49-3)50-26-28-18-21-32(42)22-19-28)39(47)44-41(45)51-27-37(46)43-38(30-13-9-7-10-14-30)31-15-11-8-12-16-31/h4-25,38H,1,26-27H2,2-3H3,(H,43,46)/b17-6-,33-5+,34-24+. The highest BCUT2D eigenvalue weighted by Crippen LogP contribution is 2.32. The molecule has 1 aliphatic rings. The van der Waals surface area contributed by atoms with Gasteiger partial charge in [0.2, 0.25) is 5.91 Å². The Morgan fingerprint density at radius 2 is 1.63 bits per heavy atom. The molecule has 0 saturated heterocycles. The van der Waals surface area contributed by atoms with Crippen molar-refractivity contribution in [2.45, 2.75) is 19.6 Å². The number of nitrogens with zero attached hydrogens (tertiary/aromatic N) is 2. The number of hydrogen-bond acceptors (Lipinski definition) is 6. The van der Waals surface area contributed by atoms with Crippen LogP contribution in [0.2, 0.25) is 0 Å². The molecule has 0 unspecified atom stereocenters. The molecule has 0 aliphatic carbocycles. The molecule has 10 heteroatoms. The van der Waals surface area contributed by atoms with Crippen molar-refractivity contribution in [2.24, 2.45) is 4.99 Å². The first kappa shape index (κ1) is 37.1. The van der Waals surface area contributed by atoms with E-state index in [1.54, 1.807) is 49.4 Å². The van der Waals surface area contributed by atoms with Crippen LogP contribution in [0.4, 0.5) is 0 Å². The number of thioether (sulfide) groups is 1. The van der Waals surface area contributed by atoms with Crippen LogP contribution in [0.1, 0.15) is 35.2 Å². The summed E-state index contributed by atoms with van der Waals surface area (Å²) in [5.41, 5.74) is 3.72. The lowest BCUT2D eigenvalue weighted by atomic mass is 9.99. The number of ether oxygens (including phenoxy) is 2. The first-order valence-electron chi connectivity index (χ1n) is 16.0. The van der Waals surface area contributed by atoms with E-state index < -0.39 is 11.8 Å². The predicted molar refractivity (Wildman–Crippen MR) is 212 cm³/mol. The van der Waals surface area contributed by atoms with Crippen LogP contribution in [-0.4, -0.2) is 40.7 Å². The molecule has 3 amide bonds. The monoisotopic (exact) mass is 809 g/mol. The van der Waals surface area contributed by atoms with Gasteiger partial charge in [0, 0.05) is 9.27 Å². The molecular formula is C41H36IN3O5S. The molecule has 0 radical (unpaired) electrons. The molecule has 0 spiro atoms. The quantitative estimate of drug-likeness (QED) is 0.0633. The van der Waals surface area contributed by atoms with Crippen molar-refractivity contribution in [1.82, 2.24) is 10.2 Å². The number of carbonyl (C=O) groups is 3. The van der Waals surface area contributed by atoms with Crippen LogP contribution in [0.3, 0.4) is 0 Å². The maximum Gasteiger partial charge on any atom is 0.285 e. The molecule has 1 aliphatic heterocycles. The van der Waals surface area contributed by atoms with E-state index in [2.05, 4.69) is 39.5 Å². The highest BCUT2D eigenvalue weighted by atomic mass is 127. The minimum Gasteiger partial charge on any atom is -0.493 e. The van der Waals surface area contributed by atoms with Crippen molar-refractivity contribution in [3.63, 3.8) is 0 Å². The van der Waals surface area contributed by atoms with Gasteiger partial charge in [-0.25, -0.2) is 0 Å². The Morgan fingerprint density at radius 1 is 0.961 bits per heavy atom. The molecule has 1 heterocycles. The van der Waals surface area contributed by atoms with E-state index in [1.165, 1.54) is 18.1 Å². The molecule has 0 atom stereocenters. The van der Waals surface area contributed by atoms with E-state index in [0.717, 1.165) is 32.0 Å². The summed E-state index contributed by atoms with van der Waals surface area (Å²) in [6.07, 6.45) is 8.17. The summed E-state index contributed by atoms with van der Waals surface area (Å²) < 4.78 is 12.7. The zero-order chi connectivity index (χ0) is 36.2. The van der Waals surface area contributed by atoms with Crippen LogP contribution in [-0.2, 0) is 21.0 Å². The molecule has 1 N–H and O–H groups in total. The van der Waals surface area contributed by atoms with Crippen molar-refractivity contribution < 1.29 is 23.9 Å². The van der Waals surface area contributed by atoms with Gasteiger partial charge in [0.1, 0.15) is 12.2 Å².